The first kappa shape index (κ1) is 77.4. The van der Waals surface area contributed by atoms with E-state index in [9.17, 15) is 28.8 Å². The highest BCUT2D eigenvalue weighted by Gasteiger charge is 2.29. The Labute approximate surface area is 621 Å². The average Bonchev–Trinajstić information content (AvgIpc) is 1.74. The zero-order valence-electron chi connectivity index (χ0n) is 57.7. The molecule has 3 aliphatic heterocycles. The van der Waals surface area contributed by atoms with Crippen LogP contribution in [-0.2, 0) is 30.6 Å². The number of aromatic nitrogens is 3. The fourth-order valence-electron chi connectivity index (χ4n) is 10.6. The van der Waals surface area contributed by atoms with Crippen LogP contribution in [0.1, 0.15) is 144 Å². The van der Waals surface area contributed by atoms with E-state index in [-0.39, 0.29) is 64.4 Å². The molecule has 0 spiro atoms. The van der Waals surface area contributed by atoms with Crippen molar-refractivity contribution in [1.82, 2.24) is 40.3 Å². The molecule has 0 saturated carbocycles. The van der Waals surface area contributed by atoms with E-state index in [2.05, 4.69) is 165 Å². The van der Waals surface area contributed by atoms with E-state index in [4.69, 9.17) is 39.9 Å². The van der Waals surface area contributed by atoms with Crippen LogP contribution in [-0.4, -0.2) is 127 Å². The molecular weight excluding hydrogens is 1480 g/mol. The summed E-state index contributed by atoms with van der Waals surface area (Å²) in [5.74, 6) is -1.27. The topological polar surface area (TPSA) is 195 Å². The SMILES string of the molecule is CC(C)(C)c1cc(-c2cc(-c3ccc(C(=O)N4CCNC(=O)C4)cc3Cl)cs2)ccn1.CC(C)(C)c1cc(-c2cc(-c3ccc(C(=O)O)cc3Cl)cs2)ccn1.CCI.CCN1CCN(C(=O)c2ccc(-c3csc(-c4ccnc(C(C)(C)C)c4)c3)c(Cl)c2)CC1=O.O=C1CCCCN1. The monoisotopic (exact) mass is 1560 g/mol. The third-order valence-corrected chi connectivity index (χ3v) is 20.2. The molecule has 3 aromatic carbocycles. The second-order valence-electron chi connectivity index (χ2n) is 26.9. The van der Waals surface area contributed by atoms with Gasteiger partial charge in [-0.05, 0) is 165 Å². The highest BCUT2D eigenvalue weighted by molar-refractivity contribution is 14.1. The van der Waals surface area contributed by atoms with Crippen LogP contribution in [0.15, 0.2) is 144 Å². The lowest BCUT2D eigenvalue weighted by Gasteiger charge is -2.33. The number of alkyl halides is 1. The van der Waals surface area contributed by atoms with Gasteiger partial charge in [-0.1, -0.05) is 145 Å². The number of hydrogen-bond donors (Lipinski definition) is 3. The molecule has 3 saturated heterocycles. The molecular formula is C77H84Cl3IN8O7S3. The number of carboxylic acids is 1. The molecule has 0 aliphatic carbocycles. The third kappa shape index (κ3) is 21.1. The summed E-state index contributed by atoms with van der Waals surface area (Å²) in [5, 5.41) is 22.2. The van der Waals surface area contributed by atoms with Crippen molar-refractivity contribution in [2.24, 2.45) is 0 Å². The number of likely N-dealkylation sites (N-methyl/N-ethyl adjacent to an activating group) is 1. The zero-order chi connectivity index (χ0) is 71.9. The van der Waals surface area contributed by atoms with Gasteiger partial charge in [-0.15, -0.1) is 34.0 Å². The third-order valence-electron chi connectivity index (χ3n) is 16.3. The van der Waals surface area contributed by atoms with Crippen molar-refractivity contribution >= 4 is 127 Å². The normalized spacial score (nSPS) is 14.0. The number of nitrogens with zero attached hydrogens (tertiary/aromatic N) is 6. The Hall–Kier alpha value is -7.37. The van der Waals surface area contributed by atoms with Crippen LogP contribution < -0.4 is 10.6 Å². The van der Waals surface area contributed by atoms with Crippen LogP contribution >= 0.6 is 91.4 Å². The molecule has 6 aromatic heterocycles. The second kappa shape index (κ2) is 34.8. The predicted octanol–water partition coefficient (Wildman–Crippen LogP) is 18.6. The number of benzene rings is 3. The first-order chi connectivity index (χ1) is 46.9. The van der Waals surface area contributed by atoms with Crippen molar-refractivity contribution in [3.63, 3.8) is 0 Å². The van der Waals surface area contributed by atoms with Gasteiger partial charge in [0.15, 0.2) is 0 Å². The molecule has 15 nitrogen and oxygen atoms in total. The second-order valence-corrected chi connectivity index (χ2v) is 32.4. The maximum atomic E-state index is 12.9. The highest BCUT2D eigenvalue weighted by atomic mass is 127. The molecule has 9 aromatic rings. The number of halogens is 4. The number of carbonyl (C=O) groups is 6. The lowest BCUT2D eigenvalue weighted by atomic mass is 9.90. The van der Waals surface area contributed by atoms with Crippen molar-refractivity contribution in [1.29, 1.82) is 0 Å². The Kier molecular flexibility index (Phi) is 27.2. The fourth-order valence-corrected chi connectivity index (χ4v) is 14.2. The minimum atomic E-state index is -0.981. The Bertz CT molecular complexity index is 4350. The molecule has 0 atom stereocenters. The number of carboxylic acid groups (broad SMARTS) is 1. The number of aromatic carboxylic acids is 1. The van der Waals surface area contributed by atoms with Gasteiger partial charge in [0.1, 0.15) is 6.54 Å². The summed E-state index contributed by atoms with van der Waals surface area (Å²) in [6, 6.07) is 34.3. The first-order valence-corrected chi connectivity index (χ1v) is 38.0. The van der Waals surface area contributed by atoms with Crippen LogP contribution in [0, 0.1) is 0 Å². The molecule has 22 heteroatoms. The lowest BCUT2D eigenvalue weighted by molar-refractivity contribution is -0.134. The van der Waals surface area contributed by atoms with E-state index in [0.29, 0.717) is 58.9 Å². The first-order valence-electron chi connectivity index (χ1n) is 32.7. The molecule has 0 unspecified atom stereocenters. The van der Waals surface area contributed by atoms with Crippen LogP contribution in [0.4, 0.5) is 0 Å². The van der Waals surface area contributed by atoms with Crippen molar-refractivity contribution in [2.75, 3.05) is 56.8 Å². The average molecular weight is 1560 g/mol. The Morgan fingerprint density at radius 1 is 0.495 bits per heavy atom. The molecule has 520 valence electrons. The summed E-state index contributed by atoms with van der Waals surface area (Å²) in [6.45, 7) is 27.2. The molecule has 9 heterocycles. The minimum Gasteiger partial charge on any atom is -0.478 e. The smallest absolute Gasteiger partial charge is 0.335 e. The molecule has 3 aliphatic rings. The van der Waals surface area contributed by atoms with Gasteiger partial charge in [0.05, 0.1) is 12.1 Å². The zero-order valence-corrected chi connectivity index (χ0v) is 64.5. The van der Waals surface area contributed by atoms with Gasteiger partial charge >= 0.3 is 5.97 Å². The largest absolute Gasteiger partial charge is 0.478 e. The highest BCUT2D eigenvalue weighted by Crippen LogP contribution is 2.41. The summed E-state index contributed by atoms with van der Waals surface area (Å²) >= 11 is 26.7. The number of carbonyl (C=O) groups excluding carboxylic acids is 5. The predicted molar refractivity (Wildman–Crippen MR) is 416 cm³/mol. The number of piperazine rings is 2. The number of nitrogens with one attached hydrogen (secondary N) is 2. The molecule has 0 radical (unpaired) electrons. The van der Waals surface area contributed by atoms with Crippen LogP contribution in [0.3, 0.4) is 0 Å². The van der Waals surface area contributed by atoms with Gasteiger partial charge < -0.3 is 30.4 Å². The Balaban J connectivity index is 0.000000178. The van der Waals surface area contributed by atoms with E-state index in [1.807, 2.05) is 61.2 Å². The number of pyridine rings is 3. The van der Waals surface area contributed by atoms with Gasteiger partial charge in [0.2, 0.25) is 17.7 Å². The minimum absolute atomic E-state index is 0.00787. The molecule has 99 heavy (non-hydrogen) atoms. The molecule has 5 amide bonds. The summed E-state index contributed by atoms with van der Waals surface area (Å²) < 4.78 is 1.22. The van der Waals surface area contributed by atoms with E-state index in [1.165, 1.54) is 10.5 Å². The Morgan fingerprint density at radius 3 is 1.20 bits per heavy atom. The molecule has 3 N–H and O–H groups in total. The van der Waals surface area contributed by atoms with Crippen LogP contribution in [0.2, 0.25) is 15.1 Å². The fraction of sp³-hybridized carbons (Fsp3) is 0.338. The van der Waals surface area contributed by atoms with E-state index in [0.717, 1.165) is 108 Å². The van der Waals surface area contributed by atoms with Gasteiger partial charge in [-0.25, -0.2) is 4.79 Å². The summed E-state index contributed by atoms with van der Waals surface area (Å²) in [7, 11) is 0. The van der Waals surface area contributed by atoms with E-state index in [1.54, 1.807) is 85.1 Å². The van der Waals surface area contributed by atoms with Crippen molar-refractivity contribution in [3.05, 3.63) is 193 Å². The van der Waals surface area contributed by atoms with Gasteiger partial charge in [0, 0.05) is 155 Å². The number of amides is 5. The van der Waals surface area contributed by atoms with Crippen molar-refractivity contribution < 1.29 is 33.9 Å². The number of rotatable bonds is 10. The van der Waals surface area contributed by atoms with Gasteiger partial charge in [-0.2, -0.15) is 0 Å². The summed E-state index contributed by atoms with van der Waals surface area (Å²) in [4.78, 5) is 92.6. The lowest BCUT2D eigenvalue weighted by Crippen LogP contribution is -2.52. The van der Waals surface area contributed by atoms with Gasteiger partial charge in [-0.3, -0.25) is 38.9 Å². The van der Waals surface area contributed by atoms with Crippen LogP contribution in [0.5, 0.6) is 0 Å². The number of hydrogen-bond acceptors (Lipinski definition) is 12. The quantitative estimate of drug-likeness (QED) is 0.0876. The standard InChI is InChI=1S/C26H28ClN3O2S.C24H24ClN3O2S.C20H18ClNO2S.C5H9NO.C2H5I/c1-5-29-10-11-30(15-24(29)31)25(32)18-6-7-20(21(27)12-18)19-13-22(33-16-19)17-8-9-28-23(14-17)26(2,3)4;1-24(2,3)21-12-15(6-7-26-21)20-11-17(14-31-20)18-5-4-16(10-19(18)25)23(30)28-9-8-27-22(29)13-28;1-20(2,3)18-10-12(6-7-22-18)17-9-14(11-25-17)15-5-4-13(19(23)24)8-16(15)21;7-5-3-1-2-4-6-5;1-2-3/h6-9,12-14,16H,5,10-11,15H2,1-4H3;4-7,10-12,14H,8-9,13H2,1-3H3,(H,27,29);4-11H,1-3H3,(H,23,24);1-4H2,(H,6,7);2H2,1H3. The summed E-state index contributed by atoms with van der Waals surface area (Å²) in [5.41, 5.74) is 13.3. The number of piperidine rings is 1. The van der Waals surface area contributed by atoms with E-state index < -0.39 is 5.97 Å². The van der Waals surface area contributed by atoms with Gasteiger partial charge in [0.25, 0.3) is 11.8 Å². The summed E-state index contributed by atoms with van der Waals surface area (Å²) in [6.07, 6.45) is 8.51. The van der Waals surface area contributed by atoms with Crippen molar-refractivity contribution in [2.45, 2.75) is 112 Å². The molecule has 3 fully saturated rings. The van der Waals surface area contributed by atoms with E-state index >= 15 is 0 Å². The maximum Gasteiger partial charge on any atom is 0.335 e. The van der Waals surface area contributed by atoms with Crippen molar-refractivity contribution in [3.8, 4) is 64.7 Å². The molecule has 12 rings (SSSR count). The maximum absolute atomic E-state index is 12.9. The van der Waals surface area contributed by atoms with Crippen LogP contribution in [0.25, 0.3) is 64.7 Å². The molecule has 0 bridgehead atoms. The number of thiophene rings is 3. The Morgan fingerprint density at radius 2 is 0.879 bits per heavy atom.